The van der Waals surface area contributed by atoms with Crippen LogP contribution < -0.4 is 16.4 Å². The Morgan fingerprint density at radius 1 is 0.947 bits per heavy atom. The number of nitriles is 1. The van der Waals surface area contributed by atoms with E-state index < -0.39 is 18.1 Å². The lowest BCUT2D eigenvalue weighted by molar-refractivity contribution is -0.111. The Morgan fingerprint density at radius 3 is 2.34 bits per heavy atom. The van der Waals surface area contributed by atoms with E-state index in [9.17, 15) is 14.7 Å². The number of nitrogen functional groups attached to an aromatic ring is 1. The molecule has 0 saturated heterocycles. The van der Waals surface area contributed by atoms with Crippen LogP contribution in [0.1, 0.15) is 24.2 Å². The van der Waals surface area contributed by atoms with Crippen molar-refractivity contribution >= 4 is 39.8 Å². The number of carbonyl (C=O) groups excluding carboxylic acids is 2. The Balaban J connectivity index is 1.60. The molecule has 8 nitrogen and oxygen atoms in total. The summed E-state index contributed by atoms with van der Waals surface area (Å²) in [5, 5.41) is 26.1. The number of benzene rings is 4. The molecule has 4 rings (SSSR count). The number of phenolic OH excluding ortho intramolecular Hbond substituents is 1. The van der Waals surface area contributed by atoms with Gasteiger partial charge in [0.2, 0.25) is 5.91 Å². The number of anilines is 3. The number of para-hydroxylation sites is 2. The molecule has 0 fully saturated rings. The second-order valence-corrected chi connectivity index (χ2v) is 8.65. The second kappa shape index (κ2) is 11.6. The fourth-order valence-corrected chi connectivity index (χ4v) is 4.02. The van der Waals surface area contributed by atoms with Crippen LogP contribution in [0, 0.1) is 17.2 Å². The molecule has 0 aliphatic rings. The van der Waals surface area contributed by atoms with E-state index >= 15 is 0 Å². The molecule has 4 aromatic rings. The molecule has 0 aliphatic heterocycles. The molecule has 0 heterocycles. The summed E-state index contributed by atoms with van der Waals surface area (Å²) in [5.74, 6) is -0.715. The highest BCUT2D eigenvalue weighted by Gasteiger charge is 2.25. The van der Waals surface area contributed by atoms with Gasteiger partial charge in [-0.15, -0.1) is 0 Å². The highest BCUT2D eigenvalue weighted by Crippen LogP contribution is 2.36. The van der Waals surface area contributed by atoms with Crippen molar-refractivity contribution in [1.82, 2.24) is 0 Å². The zero-order valence-corrected chi connectivity index (χ0v) is 20.6. The van der Waals surface area contributed by atoms with Gasteiger partial charge in [-0.3, -0.25) is 10.1 Å². The molecule has 0 spiro atoms. The van der Waals surface area contributed by atoms with Gasteiger partial charge in [0.1, 0.15) is 11.9 Å². The van der Waals surface area contributed by atoms with Gasteiger partial charge < -0.3 is 20.9 Å². The van der Waals surface area contributed by atoms with E-state index in [-0.39, 0.29) is 11.7 Å². The monoisotopic (exact) mass is 506 g/mol. The molecule has 0 radical (unpaired) electrons. The lowest BCUT2D eigenvalue weighted by Crippen LogP contribution is -2.22. The van der Waals surface area contributed by atoms with Crippen molar-refractivity contribution in [1.29, 1.82) is 5.26 Å². The minimum Gasteiger partial charge on any atom is -0.507 e. The zero-order chi connectivity index (χ0) is 27.1. The van der Waals surface area contributed by atoms with E-state index in [1.54, 1.807) is 72.8 Å². The van der Waals surface area contributed by atoms with E-state index in [4.69, 9.17) is 15.7 Å². The number of hydrogen-bond acceptors (Lipinski definition) is 6. The van der Waals surface area contributed by atoms with Crippen molar-refractivity contribution in [3.8, 4) is 11.8 Å². The van der Waals surface area contributed by atoms with Gasteiger partial charge in [-0.1, -0.05) is 55.5 Å². The Kier molecular flexibility index (Phi) is 7.89. The number of hydrogen-bond donors (Lipinski definition) is 4. The van der Waals surface area contributed by atoms with Gasteiger partial charge in [0.05, 0.1) is 23.0 Å². The van der Waals surface area contributed by atoms with Gasteiger partial charge >= 0.3 is 6.09 Å². The molecule has 8 heteroatoms. The minimum atomic E-state index is -0.801. The van der Waals surface area contributed by atoms with Crippen LogP contribution in [0.4, 0.5) is 21.9 Å². The van der Waals surface area contributed by atoms with Gasteiger partial charge in [0, 0.05) is 22.6 Å². The number of nitrogens with one attached hydrogen (secondary N) is 2. The number of fused-ring (bicyclic) bond motifs is 1. The zero-order valence-electron chi connectivity index (χ0n) is 20.6. The summed E-state index contributed by atoms with van der Waals surface area (Å²) in [7, 11) is 0. The van der Waals surface area contributed by atoms with E-state index in [1.165, 1.54) is 6.08 Å². The van der Waals surface area contributed by atoms with Gasteiger partial charge in [0.15, 0.2) is 0 Å². The van der Waals surface area contributed by atoms with Crippen LogP contribution in [-0.4, -0.2) is 17.1 Å². The van der Waals surface area contributed by atoms with E-state index in [2.05, 4.69) is 10.6 Å². The quantitative estimate of drug-likeness (QED) is 0.176. The van der Waals surface area contributed by atoms with Crippen molar-refractivity contribution in [2.24, 2.45) is 5.92 Å². The molecular weight excluding hydrogens is 480 g/mol. The number of amides is 2. The standard InChI is InChI=1S/C30H26N4O4/c1-19(10-17-28(36)34-26-9-5-4-8-25(26)32)29(24-15-16-27(35)23-7-3-2-6-22(23)24)38-30(37)33-21-13-11-20(18-31)12-14-21/h2-17,19,29,35H,32H2,1H3,(H,33,37)(H,34,36)/b17-10+/t19-,29+/m0/s1. The van der Waals surface area contributed by atoms with Crippen LogP contribution in [0.15, 0.2) is 97.1 Å². The average Bonchev–Trinajstić information content (AvgIpc) is 2.93. The van der Waals surface area contributed by atoms with Crippen molar-refractivity contribution in [2.75, 3.05) is 16.4 Å². The van der Waals surface area contributed by atoms with Gasteiger partial charge in [-0.05, 0) is 53.9 Å². The predicted molar refractivity (Wildman–Crippen MR) is 147 cm³/mol. The molecule has 38 heavy (non-hydrogen) atoms. The van der Waals surface area contributed by atoms with Crippen molar-refractivity contribution in [3.05, 3.63) is 108 Å². The van der Waals surface area contributed by atoms with Crippen molar-refractivity contribution in [3.63, 3.8) is 0 Å². The van der Waals surface area contributed by atoms with Crippen molar-refractivity contribution in [2.45, 2.75) is 13.0 Å². The first-order chi connectivity index (χ1) is 18.4. The number of ether oxygens (including phenoxy) is 1. The third-order valence-corrected chi connectivity index (χ3v) is 5.98. The highest BCUT2D eigenvalue weighted by molar-refractivity contribution is 6.01. The Bertz CT molecular complexity index is 1540. The fraction of sp³-hybridized carbons (Fsp3) is 0.100. The molecule has 0 bridgehead atoms. The molecule has 190 valence electrons. The number of aromatic hydroxyl groups is 1. The van der Waals surface area contributed by atoms with Crippen LogP contribution in [0.2, 0.25) is 0 Å². The van der Waals surface area contributed by atoms with Crippen LogP contribution in [0.3, 0.4) is 0 Å². The fourth-order valence-electron chi connectivity index (χ4n) is 4.02. The predicted octanol–water partition coefficient (Wildman–Crippen LogP) is 6.12. The summed E-state index contributed by atoms with van der Waals surface area (Å²) in [4.78, 5) is 25.5. The van der Waals surface area contributed by atoms with Crippen LogP contribution in [-0.2, 0) is 9.53 Å². The third-order valence-electron chi connectivity index (χ3n) is 5.98. The number of nitrogens with two attached hydrogens (primary N) is 1. The average molecular weight is 507 g/mol. The highest BCUT2D eigenvalue weighted by atomic mass is 16.6. The normalized spacial score (nSPS) is 12.4. The molecule has 5 N–H and O–H groups in total. The second-order valence-electron chi connectivity index (χ2n) is 8.65. The van der Waals surface area contributed by atoms with Crippen molar-refractivity contribution < 1.29 is 19.4 Å². The summed E-state index contributed by atoms with van der Waals surface area (Å²) in [5.41, 5.74) is 8.44. The minimum absolute atomic E-state index is 0.105. The maximum atomic E-state index is 12.9. The number of nitrogens with zero attached hydrogens (tertiary/aromatic N) is 1. The van der Waals surface area contributed by atoms with Crippen LogP contribution in [0.5, 0.6) is 5.75 Å². The summed E-state index contributed by atoms with van der Waals surface area (Å²) < 4.78 is 5.88. The van der Waals surface area contributed by atoms with Gasteiger partial charge in [-0.25, -0.2) is 4.79 Å². The molecule has 4 aromatic carbocycles. The number of phenols is 1. The van der Waals surface area contributed by atoms with E-state index in [1.807, 2.05) is 31.2 Å². The first-order valence-electron chi connectivity index (χ1n) is 11.9. The lowest BCUT2D eigenvalue weighted by atomic mass is 9.92. The number of rotatable bonds is 7. The molecule has 0 aromatic heterocycles. The largest absolute Gasteiger partial charge is 0.507 e. The Labute approximate surface area is 220 Å². The SMILES string of the molecule is C[C@@H](/C=C/C(=O)Nc1ccccc1N)[C@@H](OC(=O)Nc1ccc(C#N)cc1)c1ccc(O)c2ccccc12. The molecular formula is C30H26N4O4. The van der Waals surface area contributed by atoms with Gasteiger partial charge in [0.25, 0.3) is 0 Å². The molecule has 2 amide bonds. The maximum absolute atomic E-state index is 12.9. The Hall–Kier alpha value is -5.29. The maximum Gasteiger partial charge on any atom is 0.412 e. The molecule has 0 aliphatic carbocycles. The smallest absolute Gasteiger partial charge is 0.412 e. The van der Waals surface area contributed by atoms with Crippen LogP contribution >= 0.6 is 0 Å². The third kappa shape index (κ3) is 6.09. The molecule has 2 atom stereocenters. The first-order valence-corrected chi connectivity index (χ1v) is 11.9. The summed E-state index contributed by atoms with van der Waals surface area (Å²) in [6, 6.07) is 25.8. The van der Waals surface area contributed by atoms with Gasteiger partial charge in [-0.2, -0.15) is 5.26 Å². The summed E-state index contributed by atoms with van der Waals surface area (Å²) in [6.07, 6.45) is 1.51. The van der Waals surface area contributed by atoms with Crippen LogP contribution in [0.25, 0.3) is 10.8 Å². The molecule has 0 unspecified atom stereocenters. The Morgan fingerprint density at radius 2 is 1.63 bits per heavy atom. The molecule has 0 saturated carbocycles. The van der Waals surface area contributed by atoms with E-state index in [0.29, 0.717) is 39.0 Å². The topological polar surface area (TPSA) is 137 Å². The summed E-state index contributed by atoms with van der Waals surface area (Å²) >= 11 is 0. The number of carbonyl (C=O) groups is 2. The first kappa shape index (κ1) is 25.8. The lowest BCUT2D eigenvalue weighted by Gasteiger charge is -2.24. The summed E-state index contributed by atoms with van der Waals surface area (Å²) in [6.45, 7) is 1.82. The van der Waals surface area contributed by atoms with E-state index in [0.717, 1.165) is 0 Å².